The third-order valence-electron chi connectivity index (χ3n) is 2.76. The first-order valence-corrected chi connectivity index (χ1v) is 5.26. The predicted octanol–water partition coefficient (Wildman–Crippen LogP) is 2.68. The summed E-state index contributed by atoms with van der Waals surface area (Å²) < 4.78 is 5.50. The fourth-order valence-electron chi connectivity index (χ4n) is 1.66. The molecule has 0 bridgehead atoms. The van der Waals surface area contributed by atoms with Crippen molar-refractivity contribution in [2.75, 3.05) is 0 Å². The Morgan fingerprint density at radius 3 is 2.56 bits per heavy atom. The second-order valence-corrected chi connectivity index (χ2v) is 4.00. The highest BCUT2D eigenvalue weighted by Crippen LogP contribution is 2.26. The van der Waals surface area contributed by atoms with Crippen LogP contribution in [0.15, 0.2) is 28.8 Å². The van der Waals surface area contributed by atoms with Crippen molar-refractivity contribution >= 4 is 0 Å². The maximum absolute atomic E-state index is 10.2. The molecule has 16 heavy (non-hydrogen) atoms. The maximum atomic E-state index is 10.2. The van der Waals surface area contributed by atoms with Gasteiger partial charge in [-0.05, 0) is 44.0 Å². The Morgan fingerprint density at radius 2 is 2.00 bits per heavy atom. The average Bonchev–Trinajstić information content (AvgIpc) is 2.59. The highest BCUT2D eigenvalue weighted by atomic mass is 16.4. The molecule has 0 spiro atoms. The van der Waals surface area contributed by atoms with Crippen molar-refractivity contribution in [2.24, 2.45) is 0 Å². The van der Waals surface area contributed by atoms with Crippen LogP contribution < -0.4 is 0 Å². The van der Waals surface area contributed by atoms with Crippen molar-refractivity contribution in [1.29, 1.82) is 0 Å². The van der Waals surface area contributed by atoms with Gasteiger partial charge in [0.15, 0.2) is 6.10 Å². The third kappa shape index (κ3) is 1.86. The van der Waals surface area contributed by atoms with E-state index in [1.54, 1.807) is 6.20 Å². The minimum Gasteiger partial charge on any atom is -0.463 e. The molecule has 3 heteroatoms. The molecule has 2 rings (SSSR count). The van der Waals surface area contributed by atoms with E-state index in [2.05, 4.69) is 4.98 Å². The Kier molecular flexibility index (Phi) is 2.79. The van der Waals surface area contributed by atoms with Gasteiger partial charge in [-0.25, -0.2) is 0 Å². The first kappa shape index (κ1) is 10.9. The lowest BCUT2D eigenvalue weighted by Crippen LogP contribution is -2.03. The summed E-state index contributed by atoms with van der Waals surface area (Å²) in [7, 11) is 0. The summed E-state index contributed by atoms with van der Waals surface area (Å²) in [5, 5.41) is 10.2. The van der Waals surface area contributed by atoms with E-state index in [0.29, 0.717) is 11.5 Å². The molecule has 2 heterocycles. The largest absolute Gasteiger partial charge is 0.463 e. The predicted molar refractivity (Wildman–Crippen MR) is 61.2 cm³/mol. The number of nitrogens with zero attached hydrogens (tertiary/aromatic N) is 1. The van der Waals surface area contributed by atoms with Crippen molar-refractivity contribution in [1.82, 2.24) is 4.98 Å². The van der Waals surface area contributed by atoms with Gasteiger partial charge in [-0.3, -0.25) is 4.98 Å². The van der Waals surface area contributed by atoms with Gasteiger partial charge in [0.25, 0.3) is 0 Å². The van der Waals surface area contributed by atoms with Crippen LogP contribution in [0.5, 0.6) is 0 Å². The van der Waals surface area contributed by atoms with Crippen molar-refractivity contribution in [2.45, 2.75) is 26.9 Å². The van der Waals surface area contributed by atoms with Crippen LogP contribution in [0.1, 0.15) is 34.4 Å². The van der Waals surface area contributed by atoms with Gasteiger partial charge in [0.2, 0.25) is 0 Å². The fraction of sp³-hybridized carbons (Fsp3) is 0.308. The molecule has 2 aromatic rings. The Hall–Kier alpha value is -1.61. The number of rotatable bonds is 2. The smallest absolute Gasteiger partial charge is 0.154 e. The van der Waals surface area contributed by atoms with Crippen LogP contribution in [0, 0.1) is 20.8 Å². The first-order valence-electron chi connectivity index (χ1n) is 5.26. The quantitative estimate of drug-likeness (QED) is 0.841. The molecule has 0 fully saturated rings. The van der Waals surface area contributed by atoms with Crippen molar-refractivity contribution in [3.63, 3.8) is 0 Å². The van der Waals surface area contributed by atoms with Gasteiger partial charge in [0.1, 0.15) is 11.5 Å². The molecule has 84 valence electrons. The number of hydrogen-bond donors (Lipinski definition) is 1. The third-order valence-corrected chi connectivity index (χ3v) is 2.76. The summed E-state index contributed by atoms with van der Waals surface area (Å²) in [6.07, 6.45) is 0.891. The summed E-state index contributed by atoms with van der Waals surface area (Å²) in [4.78, 5) is 4.18. The molecule has 0 saturated carbocycles. The first-order chi connectivity index (χ1) is 7.59. The van der Waals surface area contributed by atoms with Crippen LogP contribution in [-0.2, 0) is 0 Å². The van der Waals surface area contributed by atoms with Crippen molar-refractivity contribution in [3.8, 4) is 0 Å². The zero-order chi connectivity index (χ0) is 11.7. The molecule has 1 unspecified atom stereocenters. The standard InChI is InChI=1S/C13H15NO2/c1-8-5-4-6-14-12(8)13(15)11-7-9(2)10(3)16-11/h4-7,13,15H,1-3H3. The monoisotopic (exact) mass is 217 g/mol. The van der Waals surface area contributed by atoms with E-state index in [1.165, 1.54) is 0 Å². The van der Waals surface area contributed by atoms with Gasteiger partial charge in [-0.2, -0.15) is 0 Å². The molecule has 0 radical (unpaired) electrons. The zero-order valence-electron chi connectivity index (χ0n) is 9.69. The second-order valence-electron chi connectivity index (χ2n) is 4.00. The lowest BCUT2D eigenvalue weighted by molar-refractivity contribution is 0.182. The lowest BCUT2D eigenvalue weighted by atomic mass is 10.1. The Bertz CT molecular complexity index is 483. The molecule has 1 N–H and O–H groups in total. The van der Waals surface area contributed by atoms with E-state index < -0.39 is 6.10 Å². The van der Waals surface area contributed by atoms with Gasteiger partial charge in [0.05, 0.1) is 5.69 Å². The summed E-state index contributed by atoms with van der Waals surface area (Å²) in [6.45, 7) is 5.77. The zero-order valence-corrected chi connectivity index (χ0v) is 9.69. The van der Waals surface area contributed by atoms with Gasteiger partial charge >= 0.3 is 0 Å². The van der Waals surface area contributed by atoms with Gasteiger partial charge < -0.3 is 9.52 Å². The van der Waals surface area contributed by atoms with E-state index >= 15 is 0 Å². The van der Waals surface area contributed by atoms with Crippen LogP contribution in [0.25, 0.3) is 0 Å². The summed E-state index contributed by atoms with van der Waals surface area (Å²) in [5.41, 5.74) is 2.65. The molecule has 3 nitrogen and oxygen atoms in total. The van der Waals surface area contributed by atoms with Crippen LogP contribution >= 0.6 is 0 Å². The number of furan rings is 1. The lowest BCUT2D eigenvalue weighted by Gasteiger charge is -2.09. The van der Waals surface area contributed by atoms with Crippen LogP contribution in [0.4, 0.5) is 0 Å². The molecule has 0 aliphatic carbocycles. The maximum Gasteiger partial charge on any atom is 0.154 e. The topological polar surface area (TPSA) is 46.3 Å². The second kappa shape index (κ2) is 4.10. The van der Waals surface area contributed by atoms with E-state index in [1.807, 2.05) is 39.0 Å². The van der Waals surface area contributed by atoms with Crippen LogP contribution in [0.3, 0.4) is 0 Å². The van der Waals surface area contributed by atoms with Crippen molar-refractivity contribution < 1.29 is 9.52 Å². The average molecular weight is 217 g/mol. The number of aliphatic hydroxyl groups excluding tert-OH is 1. The Morgan fingerprint density at radius 1 is 1.25 bits per heavy atom. The number of aryl methyl sites for hydroxylation is 3. The number of aromatic nitrogens is 1. The summed E-state index contributed by atoms with van der Waals surface area (Å²) in [5.74, 6) is 1.39. The van der Waals surface area contributed by atoms with Gasteiger partial charge in [0, 0.05) is 6.20 Å². The number of pyridine rings is 1. The molecule has 0 aromatic carbocycles. The molecule has 0 aliphatic heterocycles. The Balaban J connectivity index is 2.39. The van der Waals surface area contributed by atoms with Crippen molar-refractivity contribution in [3.05, 3.63) is 52.7 Å². The normalized spacial score (nSPS) is 12.8. The van der Waals surface area contributed by atoms with Gasteiger partial charge in [-0.1, -0.05) is 6.07 Å². The highest BCUT2D eigenvalue weighted by molar-refractivity contribution is 5.28. The minimum atomic E-state index is -0.784. The van der Waals surface area contributed by atoms with Crippen LogP contribution in [-0.4, -0.2) is 10.1 Å². The van der Waals surface area contributed by atoms with E-state index in [-0.39, 0.29) is 0 Å². The van der Waals surface area contributed by atoms with E-state index in [9.17, 15) is 5.11 Å². The minimum absolute atomic E-state index is 0.553. The fourth-order valence-corrected chi connectivity index (χ4v) is 1.66. The molecule has 0 amide bonds. The molecular weight excluding hydrogens is 202 g/mol. The number of hydrogen-bond acceptors (Lipinski definition) is 3. The highest BCUT2D eigenvalue weighted by Gasteiger charge is 2.18. The summed E-state index contributed by atoms with van der Waals surface area (Å²) in [6, 6.07) is 5.63. The molecule has 2 aromatic heterocycles. The van der Waals surface area contributed by atoms with E-state index in [0.717, 1.165) is 16.9 Å². The summed E-state index contributed by atoms with van der Waals surface area (Å²) >= 11 is 0. The molecular formula is C13H15NO2. The molecule has 0 saturated heterocycles. The van der Waals surface area contributed by atoms with E-state index in [4.69, 9.17) is 4.42 Å². The van der Waals surface area contributed by atoms with Crippen LogP contribution in [0.2, 0.25) is 0 Å². The Labute approximate surface area is 94.8 Å². The van der Waals surface area contributed by atoms with Gasteiger partial charge in [-0.15, -0.1) is 0 Å². The molecule has 0 aliphatic rings. The number of aliphatic hydroxyl groups is 1. The molecule has 1 atom stereocenters. The SMILES string of the molecule is Cc1cccnc1C(O)c1cc(C)c(C)o1.